The van der Waals surface area contributed by atoms with Crippen LogP contribution in [0.5, 0.6) is 0 Å². The molecule has 0 bridgehead atoms. The van der Waals surface area contributed by atoms with Crippen molar-refractivity contribution in [1.82, 2.24) is 18.5 Å². The van der Waals surface area contributed by atoms with Gasteiger partial charge in [0.1, 0.15) is 0 Å². The molecule has 0 fully saturated rings. The highest BCUT2D eigenvalue weighted by atomic mass is 15.2. The molecule has 4 heteroatoms. The van der Waals surface area contributed by atoms with Gasteiger partial charge in [-0.05, 0) is 42.5 Å². The maximum absolute atomic E-state index is 5.01. The van der Waals surface area contributed by atoms with Crippen LogP contribution >= 0.6 is 0 Å². The zero-order chi connectivity index (χ0) is 19.8. The van der Waals surface area contributed by atoms with Crippen LogP contribution in [0.3, 0.4) is 0 Å². The SMILES string of the molecule is Cn1c2ccccc2c2cc3c(cc21)n(-c1ccccc1)c1nc2ccccc2n31. The lowest BCUT2D eigenvalue weighted by Crippen LogP contribution is -1.95. The first-order valence-corrected chi connectivity index (χ1v) is 10.2. The zero-order valence-corrected chi connectivity index (χ0v) is 16.4. The molecule has 0 N–H and O–H groups in total. The number of hydrogen-bond acceptors (Lipinski definition) is 1. The second-order valence-corrected chi connectivity index (χ2v) is 7.84. The largest absolute Gasteiger partial charge is 0.344 e. The summed E-state index contributed by atoms with van der Waals surface area (Å²) >= 11 is 0. The lowest BCUT2D eigenvalue weighted by atomic mass is 10.1. The molecule has 0 aliphatic heterocycles. The zero-order valence-electron chi connectivity index (χ0n) is 16.4. The predicted molar refractivity (Wildman–Crippen MR) is 124 cm³/mol. The van der Waals surface area contributed by atoms with Crippen molar-refractivity contribution in [2.75, 3.05) is 0 Å². The van der Waals surface area contributed by atoms with Gasteiger partial charge in [-0.1, -0.05) is 48.5 Å². The van der Waals surface area contributed by atoms with E-state index in [1.54, 1.807) is 0 Å². The molecule has 0 unspecified atom stereocenters. The number of imidazole rings is 2. The van der Waals surface area contributed by atoms with Gasteiger partial charge in [-0.3, -0.25) is 8.97 Å². The van der Waals surface area contributed by atoms with Crippen molar-refractivity contribution in [1.29, 1.82) is 0 Å². The average molecular weight is 386 g/mol. The Kier molecular flexibility index (Phi) is 2.91. The molecule has 0 saturated carbocycles. The molecule has 3 aromatic heterocycles. The molecule has 0 spiro atoms. The van der Waals surface area contributed by atoms with Crippen LogP contribution in [0.15, 0.2) is 91.0 Å². The lowest BCUT2D eigenvalue weighted by molar-refractivity contribution is 1.01. The van der Waals surface area contributed by atoms with Crippen molar-refractivity contribution in [3.05, 3.63) is 91.0 Å². The molecule has 0 atom stereocenters. The van der Waals surface area contributed by atoms with E-state index in [-0.39, 0.29) is 0 Å². The number of rotatable bonds is 1. The summed E-state index contributed by atoms with van der Waals surface area (Å²) in [6.45, 7) is 0. The van der Waals surface area contributed by atoms with E-state index < -0.39 is 0 Å². The minimum Gasteiger partial charge on any atom is -0.344 e. The Balaban J connectivity index is 1.77. The van der Waals surface area contributed by atoms with Crippen molar-refractivity contribution in [2.45, 2.75) is 0 Å². The average Bonchev–Trinajstić information content (AvgIpc) is 3.41. The number of para-hydroxylation sites is 4. The van der Waals surface area contributed by atoms with Crippen molar-refractivity contribution in [3.63, 3.8) is 0 Å². The first-order chi connectivity index (χ1) is 14.8. The molecule has 3 heterocycles. The second-order valence-electron chi connectivity index (χ2n) is 7.84. The van der Waals surface area contributed by atoms with Crippen LogP contribution in [0.25, 0.3) is 55.3 Å². The molecule has 142 valence electrons. The third-order valence-electron chi connectivity index (χ3n) is 6.25. The van der Waals surface area contributed by atoms with Crippen LogP contribution in [0.2, 0.25) is 0 Å². The maximum Gasteiger partial charge on any atom is 0.220 e. The van der Waals surface area contributed by atoms with E-state index >= 15 is 0 Å². The summed E-state index contributed by atoms with van der Waals surface area (Å²) in [7, 11) is 2.15. The maximum atomic E-state index is 5.01. The highest BCUT2D eigenvalue weighted by molar-refractivity contribution is 6.12. The summed E-state index contributed by atoms with van der Waals surface area (Å²) in [6, 6.07) is 32.1. The monoisotopic (exact) mass is 386 g/mol. The quantitative estimate of drug-likeness (QED) is 0.336. The summed E-state index contributed by atoms with van der Waals surface area (Å²) in [4.78, 5) is 5.01. The number of aromatic nitrogens is 4. The van der Waals surface area contributed by atoms with Gasteiger partial charge < -0.3 is 4.57 Å². The van der Waals surface area contributed by atoms with Crippen molar-refractivity contribution in [2.24, 2.45) is 7.05 Å². The van der Waals surface area contributed by atoms with Crippen molar-refractivity contribution >= 4 is 49.7 Å². The molecule has 30 heavy (non-hydrogen) atoms. The summed E-state index contributed by atoms with van der Waals surface area (Å²) in [6.07, 6.45) is 0. The third-order valence-corrected chi connectivity index (χ3v) is 6.25. The minimum atomic E-state index is 0.942. The topological polar surface area (TPSA) is 27.2 Å². The van der Waals surface area contributed by atoms with Gasteiger partial charge in [-0.25, -0.2) is 4.98 Å². The number of hydrogen-bond donors (Lipinski definition) is 0. The molecule has 4 nitrogen and oxygen atoms in total. The van der Waals surface area contributed by atoms with Crippen molar-refractivity contribution < 1.29 is 0 Å². The van der Waals surface area contributed by atoms with Gasteiger partial charge in [-0.2, -0.15) is 0 Å². The highest BCUT2D eigenvalue weighted by Crippen LogP contribution is 2.35. The van der Waals surface area contributed by atoms with Crippen LogP contribution in [-0.2, 0) is 7.05 Å². The molecular formula is C26H18N4. The minimum absolute atomic E-state index is 0.942. The third kappa shape index (κ3) is 1.88. The predicted octanol–water partition coefficient (Wildman–Crippen LogP) is 6.08. The first-order valence-electron chi connectivity index (χ1n) is 10.2. The highest BCUT2D eigenvalue weighted by Gasteiger charge is 2.19. The van der Waals surface area contributed by atoms with Gasteiger partial charge >= 0.3 is 0 Å². The lowest BCUT2D eigenvalue weighted by Gasteiger charge is -2.05. The first kappa shape index (κ1) is 15.8. The fourth-order valence-corrected chi connectivity index (χ4v) is 4.88. The van der Waals surface area contributed by atoms with Crippen LogP contribution in [0.4, 0.5) is 0 Å². The molecule has 4 aromatic carbocycles. The summed E-state index contributed by atoms with van der Waals surface area (Å²) in [5.41, 5.74) is 8.07. The molecule has 7 rings (SSSR count). The van der Waals surface area contributed by atoms with Gasteiger partial charge in [0, 0.05) is 29.0 Å². The number of fused-ring (bicyclic) bond motifs is 8. The van der Waals surface area contributed by atoms with Gasteiger partial charge in [0.05, 0.1) is 27.6 Å². The van der Waals surface area contributed by atoms with Crippen LogP contribution in [0, 0.1) is 0 Å². The van der Waals surface area contributed by atoms with Crippen LogP contribution < -0.4 is 0 Å². The summed E-state index contributed by atoms with van der Waals surface area (Å²) < 4.78 is 6.85. The van der Waals surface area contributed by atoms with Crippen LogP contribution in [-0.4, -0.2) is 18.5 Å². The Hall–Kier alpha value is -4.05. The summed E-state index contributed by atoms with van der Waals surface area (Å²) in [5.74, 6) is 0.942. The Morgan fingerprint density at radius 2 is 1.33 bits per heavy atom. The van der Waals surface area contributed by atoms with E-state index in [1.165, 1.54) is 27.3 Å². The van der Waals surface area contributed by atoms with E-state index in [9.17, 15) is 0 Å². The van der Waals surface area contributed by atoms with Crippen molar-refractivity contribution in [3.8, 4) is 5.69 Å². The normalized spacial score (nSPS) is 12.2. The van der Waals surface area contributed by atoms with E-state index in [0.717, 1.165) is 28.0 Å². The molecule has 0 aliphatic rings. The smallest absolute Gasteiger partial charge is 0.220 e. The molecule has 0 radical (unpaired) electrons. The van der Waals surface area contributed by atoms with E-state index in [0.29, 0.717) is 0 Å². The molecular weight excluding hydrogens is 368 g/mol. The molecule has 0 amide bonds. The number of benzene rings is 4. The number of nitrogens with zero attached hydrogens (tertiary/aromatic N) is 4. The molecule has 0 aliphatic carbocycles. The Morgan fingerprint density at radius 3 is 2.20 bits per heavy atom. The van der Waals surface area contributed by atoms with Gasteiger partial charge in [0.25, 0.3) is 0 Å². The fraction of sp³-hybridized carbons (Fsp3) is 0.0385. The Bertz CT molecular complexity index is 1750. The Labute approximate surface area is 172 Å². The van der Waals surface area contributed by atoms with E-state index in [4.69, 9.17) is 4.98 Å². The van der Waals surface area contributed by atoms with Crippen LogP contribution in [0.1, 0.15) is 0 Å². The number of aryl methyl sites for hydroxylation is 1. The van der Waals surface area contributed by atoms with E-state index in [2.05, 4.69) is 106 Å². The molecule has 7 aromatic rings. The summed E-state index contributed by atoms with van der Waals surface area (Å²) in [5, 5.41) is 2.55. The van der Waals surface area contributed by atoms with E-state index in [1.807, 2.05) is 6.07 Å². The fourth-order valence-electron chi connectivity index (χ4n) is 4.88. The standard InChI is InChI=1S/C26H18N4/c1-28-21-13-7-5-11-18(21)19-15-24-25(16-23(19)28)29(17-9-3-2-4-10-17)26-27-20-12-6-8-14-22(20)30(24)26/h2-16H,1H3. The second kappa shape index (κ2) is 5.51. The Morgan fingerprint density at radius 1 is 0.600 bits per heavy atom. The van der Waals surface area contributed by atoms with Gasteiger partial charge in [0.15, 0.2) is 0 Å². The van der Waals surface area contributed by atoms with Gasteiger partial charge in [0.2, 0.25) is 5.78 Å². The van der Waals surface area contributed by atoms with Gasteiger partial charge in [-0.15, -0.1) is 0 Å². The molecule has 0 saturated heterocycles.